The van der Waals surface area contributed by atoms with Gasteiger partial charge in [0.2, 0.25) is 5.95 Å². The number of para-hydroxylation sites is 2. The number of H-pyrrole nitrogens is 1. The molecule has 2 unspecified atom stereocenters. The summed E-state index contributed by atoms with van der Waals surface area (Å²) in [5.41, 5.74) is 4.32. The van der Waals surface area contributed by atoms with Gasteiger partial charge in [-0.05, 0) is 61.5 Å². The average molecular weight is 521 g/mol. The Morgan fingerprint density at radius 3 is 2.21 bits per heavy atom. The zero-order valence-electron chi connectivity index (χ0n) is 21.5. The predicted molar refractivity (Wildman–Crippen MR) is 152 cm³/mol. The van der Waals surface area contributed by atoms with Crippen LogP contribution in [0.2, 0.25) is 0 Å². The fourth-order valence-electron chi connectivity index (χ4n) is 4.60. The number of carbonyl (C=O) groups excluding carboxylic acids is 1. The highest BCUT2D eigenvalue weighted by Gasteiger charge is 2.32. The molecule has 0 radical (unpaired) electrons. The minimum Gasteiger partial charge on any atom is -0.480 e. The number of nitrogens with one attached hydrogen (secondary N) is 3. The van der Waals surface area contributed by atoms with E-state index in [4.69, 9.17) is 0 Å². The Bertz CT molecular complexity index is 1560. The minimum atomic E-state index is -1.18. The van der Waals surface area contributed by atoms with Crippen LogP contribution in [0.1, 0.15) is 17.3 Å². The van der Waals surface area contributed by atoms with Gasteiger partial charge in [0.05, 0.1) is 17.4 Å². The van der Waals surface area contributed by atoms with Crippen LogP contribution in [0.3, 0.4) is 0 Å². The molecule has 0 bridgehead atoms. The lowest BCUT2D eigenvalue weighted by Crippen LogP contribution is -2.53. The van der Waals surface area contributed by atoms with Crippen molar-refractivity contribution in [2.45, 2.75) is 19.0 Å². The van der Waals surface area contributed by atoms with Crippen molar-refractivity contribution in [3.05, 3.63) is 103 Å². The van der Waals surface area contributed by atoms with Crippen molar-refractivity contribution in [1.82, 2.24) is 20.3 Å². The monoisotopic (exact) mass is 520 g/mol. The molecule has 5 aromatic rings. The maximum absolute atomic E-state index is 13.3. The molecule has 4 N–H and O–H groups in total. The van der Waals surface area contributed by atoms with Gasteiger partial charge in [-0.3, -0.25) is 4.79 Å². The van der Waals surface area contributed by atoms with Crippen molar-refractivity contribution in [3.63, 3.8) is 0 Å². The van der Waals surface area contributed by atoms with E-state index in [-0.39, 0.29) is 0 Å². The highest BCUT2D eigenvalue weighted by Crippen LogP contribution is 2.29. The van der Waals surface area contributed by atoms with E-state index in [9.17, 15) is 14.7 Å². The van der Waals surface area contributed by atoms with Crippen molar-refractivity contribution < 1.29 is 14.7 Å². The highest BCUT2D eigenvalue weighted by molar-refractivity contribution is 6.00. The minimum absolute atomic E-state index is 0.357. The van der Waals surface area contributed by atoms with Crippen LogP contribution in [0.25, 0.3) is 22.3 Å². The van der Waals surface area contributed by atoms with E-state index >= 15 is 0 Å². The quantitative estimate of drug-likeness (QED) is 0.214. The van der Waals surface area contributed by atoms with Crippen LogP contribution in [0.5, 0.6) is 0 Å². The zero-order chi connectivity index (χ0) is 27.4. The van der Waals surface area contributed by atoms with Crippen LogP contribution in [0.4, 0.5) is 17.3 Å². The molecule has 2 atom stereocenters. The van der Waals surface area contributed by atoms with Gasteiger partial charge < -0.3 is 25.6 Å². The maximum atomic E-state index is 13.3. The molecule has 5 rings (SSSR count). The van der Waals surface area contributed by atoms with Gasteiger partial charge in [0, 0.05) is 41.1 Å². The van der Waals surface area contributed by atoms with Gasteiger partial charge in [0.25, 0.3) is 5.91 Å². The molecule has 9 heteroatoms. The van der Waals surface area contributed by atoms with Gasteiger partial charge in [-0.15, -0.1) is 0 Å². The molecule has 0 saturated heterocycles. The van der Waals surface area contributed by atoms with Crippen LogP contribution in [-0.2, 0) is 4.79 Å². The second kappa shape index (κ2) is 11.1. The molecule has 0 aliphatic carbocycles. The smallest absolute Gasteiger partial charge is 0.328 e. The molecule has 0 aliphatic heterocycles. The number of aliphatic carboxylic acids is 1. The summed E-state index contributed by atoms with van der Waals surface area (Å²) in [4.78, 5) is 39.6. The van der Waals surface area contributed by atoms with Crippen molar-refractivity contribution in [3.8, 4) is 11.4 Å². The van der Waals surface area contributed by atoms with Crippen LogP contribution in [0.15, 0.2) is 97.2 Å². The van der Waals surface area contributed by atoms with E-state index in [0.717, 1.165) is 28.0 Å². The molecular formula is C30H28N6O3. The topological polar surface area (TPSA) is 123 Å². The third kappa shape index (κ3) is 5.42. The van der Waals surface area contributed by atoms with E-state index < -0.39 is 24.0 Å². The molecule has 2 heterocycles. The van der Waals surface area contributed by atoms with Crippen LogP contribution in [0, 0.1) is 0 Å². The molecule has 0 fully saturated rings. The van der Waals surface area contributed by atoms with E-state index in [1.165, 1.54) is 0 Å². The molecule has 2 aromatic heterocycles. The summed E-state index contributed by atoms with van der Waals surface area (Å²) in [6.45, 7) is 1.79. The van der Waals surface area contributed by atoms with Gasteiger partial charge in [-0.2, -0.15) is 0 Å². The number of carboxylic acids is 1. The molecular weight excluding hydrogens is 492 g/mol. The molecule has 0 aliphatic rings. The van der Waals surface area contributed by atoms with Crippen LogP contribution >= 0.6 is 0 Å². The Morgan fingerprint density at radius 1 is 0.923 bits per heavy atom. The number of hydrogen-bond donors (Lipinski definition) is 4. The lowest BCUT2D eigenvalue weighted by molar-refractivity contribution is -0.139. The Morgan fingerprint density at radius 2 is 1.59 bits per heavy atom. The summed E-state index contributed by atoms with van der Waals surface area (Å²) in [6, 6.07) is 26.2. The molecule has 1 amide bonds. The summed E-state index contributed by atoms with van der Waals surface area (Å²) < 4.78 is 0. The number of aromatic amines is 1. The van der Waals surface area contributed by atoms with Gasteiger partial charge in [-0.25, -0.2) is 14.8 Å². The van der Waals surface area contributed by atoms with E-state index in [0.29, 0.717) is 17.2 Å². The molecule has 0 spiro atoms. The van der Waals surface area contributed by atoms with Crippen LogP contribution < -0.4 is 15.5 Å². The lowest BCUT2D eigenvalue weighted by atomic mass is 10.0. The molecule has 196 valence electrons. The van der Waals surface area contributed by atoms with Crippen molar-refractivity contribution in [1.29, 1.82) is 0 Å². The van der Waals surface area contributed by atoms with E-state index in [1.54, 1.807) is 44.4 Å². The second-order valence-corrected chi connectivity index (χ2v) is 9.07. The summed E-state index contributed by atoms with van der Waals surface area (Å²) in [5.74, 6) is -1.10. The maximum Gasteiger partial charge on any atom is 0.328 e. The highest BCUT2D eigenvalue weighted by atomic mass is 16.4. The van der Waals surface area contributed by atoms with Crippen molar-refractivity contribution in [2.24, 2.45) is 0 Å². The SMILES string of the molecule is CNc1nccc(-c2cc3cc(C(=O)NC(C(=O)O)C(C)N(c4ccccc4)c4ccccc4)ccc3[nH]2)n1. The fourth-order valence-corrected chi connectivity index (χ4v) is 4.60. The Labute approximate surface area is 225 Å². The van der Waals surface area contributed by atoms with Gasteiger partial charge >= 0.3 is 5.97 Å². The predicted octanol–water partition coefficient (Wildman–Crippen LogP) is 5.08. The van der Waals surface area contributed by atoms with E-state index in [2.05, 4.69) is 25.6 Å². The van der Waals surface area contributed by atoms with E-state index in [1.807, 2.05) is 71.6 Å². The Hall–Kier alpha value is -5.18. The molecule has 9 nitrogen and oxygen atoms in total. The average Bonchev–Trinajstić information content (AvgIpc) is 3.40. The third-order valence-corrected chi connectivity index (χ3v) is 6.55. The Kier molecular flexibility index (Phi) is 7.22. The number of carbonyl (C=O) groups is 2. The Balaban J connectivity index is 1.42. The second-order valence-electron chi connectivity index (χ2n) is 9.07. The molecule has 39 heavy (non-hydrogen) atoms. The number of nitrogens with zero attached hydrogens (tertiary/aromatic N) is 3. The summed E-state index contributed by atoms with van der Waals surface area (Å²) in [7, 11) is 1.75. The summed E-state index contributed by atoms with van der Waals surface area (Å²) in [6.07, 6.45) is 1.67. The normalized spacial score (nSPS) is 12.5. The van der Waals surface area contributed by atoms with Crippen molar-refractivity contribution in [2.75, 3.05) is 17.3 Å². The molecule has 3 aromatic carbocycles. The van der Waals surface area contributed by atoms with Gasteiger partial charge in [0.15, 0.2) is 0 Å². The fraction of sp³-hybridized carbons (Fsp3) is 0.133. The van der Waals surface area contributed by atoms with Crippen LogP contribution in [-0.4, -0.2) is 51.1 Å². The standard InChI is InChI=1S/C30H28N6O3/c1-19(36(22-9-5-3-6-10-22)23-11-7-4-8-12-23)27(29(38)39)35-28(37)20-13-14-24-21(17-20)18-26(33-24)25-15-16-32-30(31-2)34-25/h3-19,27,33H,1-2H3,(H,35,37)(H,38,39)(H,31,32,34). The number of anilines is 3. The van der Waals surface area contributed by atoms with Gasteiger partial charge in [-0.1, -0.05) is 36.4 Å². The number of rotatable bonds is 9. The number of fused-ring (bicyclic) bond motifs is 1. The summed E-state index contributed by atoms with van der Waals surface area (Å²) >= 11 is 0. The first-order chi connectivity index (χ1) is 18.9. The number of hydrogen-bond acceptors (Lipinski definition) is 6. The number of carboxylic acid groups (broad SMARTS) is 1. The largest absolute Gasteiger partial charge is 0.480 e. The first kappa shape index (κ1) is 25.5. The molecule has 0 saturated carbocycles. The third-order valence-electron chi connectivity index (χ3n) is 6.55. The first-order valence-electron chi connectivity index (χ1n) is 12.5. The number of amides is 1. The zero-order valence-corrected chi connectivity index (χ0v) is 21.5. The lowest BCUT2D eigenvalue weighted by Gasteiger charge is -2.35. The summed E-state index contributed by atoms with van der Waals surface area (Å²) in [5, 5.41) is 16.6. The first-order valence-corrected chi connectivity index (χ1v) is 12.5. The van der Waals surface area contributed by atoms with Crippen molar-refractivity contribution >= 4 is 40.1 Å². The number of aromatic nitrogens is 3. The van der Waals surface area contributed by atoms with Gasteiger partial charge in [0.1, 0.15) is 6.04 Å². The number of benzene rings is 3.